The number of aliphatic carboxylic acids is 1. The van der Waals surface area contributed by atoms with Gasteiger partial charge in [0.25, 0.3) is 0 Å². The van der Waals surface area contributed by atoms with Crippen LogP contribution in [0.1, 0.15) is 20.8 Å². The maximum Gasteiger partial charge on any atom is 0.326 e. The van der Waals surface area contributed by atoms with Crippen molar-refractivity contribution in [1.82, 2.24) is 10.6 Å². The van der Waals surface area contributed by atoms with Crippen LogP contribution >= 0.6 is 0 Å². The Morgan fingerprint density at radius 2 is 1.82 bits per heavy atom. The summed E-state index contributed by atoms with van der Waals surface area (Å²) in [5.41, 5.74) is 0. The summed E-state index contributed by atoms with van der Waals surface area (Å²) in [5.74, 6) is -1.27. The number of carbonyl (C=O) groups is 2. The van der Waals surface area contributed by atoms with Gasteiger partial charge in [-0.15, -0.1) is 0 Å². The second-order valence-electron chi connectivity index (χ2n) is 4.22. The Hall–Kier alpha value is -1.11. The molecule has 0 aliphatic rings. The SMILES string of the molecule is CC(C)[C@H](NC(=O)NCC(C)S(C)=O)C(=O)O. The first-order chi connectivity index (χ1) is 7.75. The molecule has 0 aromatic rings. The van der Waals surface area contributed by atoms with E-state index in [1.54, 1.807) is 27.0 Å². The fourth-order valence-electron chi connectivity index (χ4n) is 1.06. The molecule has 2 amide bonds. The number of carboxylic acid groups (broad SMARTS) is 1. The smallest absolute Gasteiger partial charge is 0.326 e. The average Bonchev–Trinajstić information content (AvgIpc) is 2.21. The van der Waals surface area contributed by atoms with E-state index in [4.69, 9.17) is 5.11 Å². The van der Waals surface area contributed by atoms with E-state index in [1.807, 2.05) is 0 Å². The lowest BCUT2D eigenvalue weighted by molar-refractivity contribution is -0.140. The molecule has 0 aliphatic carbocycles. The van der Waals surface area contributed by atoms with Crippen molar-refractivity contribution in [1.29, 1.82) is 0 Å². The van der Waals surface area contributed by atoms with Gasteiger partial charge in [0.1, 0.15) is 6.04 Å². The van der Waals surface area contributed by atoms with E-state index < -0.39 is 28.8 Å². The molecule has 100 valence electrons. The summed E-state index contributed by atoms with van der Waals surface area (Å²) >= 11 is 0. The van der Waals surface area contributed by atoms with Crippen LogP contribution < -0.4 is 10.6 Å². The highest BCUT2D eigenvalue weighted by Gasteiger charge is 2.23. The van der Waals surface area contributed by atoms with Crippen molar-refractivity contribution in [2.75, 3.05) is 12.8 Å². The number of nitrogens with one attached hydrogen (secondary N) is 2. The first-order valence-corrected chi connectivity index (χ1v) is 6.97. The zero-order valence-corrected chi connectivity index (χ0v) is 11.3. The maximum absolute atomic E-state index is 11.4. The number of carboxylic acids is 1. The number of rotatable bonds is 6. The molecule has 0 rings (SSSR count). The zero-order valence-electron chi connectivity index (χ0n) is 10.5. The molecule has 2 unspecified atom stereocenters. The molecule has 0 radical (unpaired) electrons. The molecule has 17 heavy (non-hydrogen) atoms. The Kier molecular flexibility index (Phi) is 6.79. The van der Waals surface area contributed by atoms with Crippen molar-refractivity contribution in [2.45, 2.75) is 32.1 Å². The van der Waals surface area contributed by atoms with Crippen LogP contribution in [0, 0.1) is 5.92 Å². The van der Waals surface area contributed by atoms with Crippen LogP contribution in [0.4, 0.5) is 4.79 Å². The summed E-state index contributed by atoms with van der Waals surface area (Å²) < 4.78 is 11.0. The number of carbonyl (C=O) groups excluding carboxylic acids is 1. The van der Waals surface area contributed by atoms with Crippen LogP contribution in [-0.4, -0.2) is 45.4 Å². The van der Waals surface area contributed by atoms with Gasteiger partial charge in [-0.05, 0) is 12.8 Å². The number of hydrogen-bond donors (Lipinski definition) is 3. The van der Waals surface area contributed by atoms with Crippen LogP contribution in [0.25, 0.3) is 0 Å². The van der Waals surface area contributed by atoms with E-state index in [-0.39, 0.29) is 17.7 Å². The van der Waals surface area contributed by atoms with Gasteiger partial charge in [0.2, 0.25) is 0 Å². The summed E-state index contributed by atoms with van der Waals surface area (Å²) in [5, 5.41) is 13.6. The first kappa shape index (κ1) is 15.9. The lowest BCUT2D eigenvalue weighted by Crippen LogP contribution is -2.49. The lowest BCUT2D eigenvalue weighted by Gasteiger charge is -2.19. The van der Waals surface area contributed by atoms with Gasteiger partial charge in [0, 0.05) is 28.9 Å². The summed E-state index contributed by atoms with van der Waals surface area (Å²) in [6, 6.07) is -1.47. The molecule has 3 atom stereocenters. The fraction of sp³-hybridized carbons (Fsp3) is 0.800. The van der Waals surface area contributed by atoms with Crippen molar-refractivity contribution in [3.63, 3.8) is 0 Å². The molecule has 7 heteroatoms. The predicted molar refractivity (Wildman–Crippen MR) is 66.3 cm³/mol. The van der Waals surface area contributed by atoms with Gasteiger partial charge in [-0.2, -0.15) is 0 Å². The van der Waals surface area contributed by atoms with Gasteiger partial charge < -0.3 is 15.7 Å². The molecule has 0 aromatic heterocycles. The fourth-order valence-corrected chi connectivity index (χ4v) is 1.38. The van der Waals surface area contributed by atoms with Gasteiger partial charge in [-0.25, -0.2) is 9.59 Å². The average molecular weight is 264 g/mol. The van der Waals surface area contributed by atoms with Crippen molar-refractivity contribution >= 4 is 22.8 Å². The molecule has 0 aromatic carbocycles. The van der Waals surface area contributed by atoms with Gasteiger partial charge >= 0.3 is 12.0 Å². The molecule has 3 N–H and O–H groups in total. The van der Waals surface area contributed by atoms with Gasteiger partial charge in [-0.1, -0.05) is 13.8 Å². The van der Waals surface area contributed by atoms with E-state index >= 15 is 0 Å². The van der Waals surface area contributed by atoms with Gasteiger partial charge in [-0.3, -0.25) is 4.21 Å². The summed E-state index contributed by atoms with van der Waals surface area (Å²) in [7, 11) is -1.02. The Bertz CT molecular complexity index is 307. The van der Waals surface area contributed by atoms with E-state index in [9.17, 15) is 13.8 Å². The quantitative estimate of drug-likeness (QED) is 0.637. The zero-order chi connectivity index (χ0) is 13.6. The molecule has 0 aliphatic heterocycles. The van der Waals surface area contributed by atoms with Crippen molar-refractivity contribution in [2.24, 2.45) is 5.92 Å². The van der Waals surface area contributed by atoms with Crippen LogP contribution in [0.3, 0.4) is 0 Å². The normalized spacial score (nSPS) is 16.1. The summed E-state index contributed by atoms with van der Waals surface area (Å²) in [4.78, 5) is 22.2. The highest BCUT2D eigenvalue weighted by molar-refractivity contribution is 7.84. The van der Waals surface area contributed by atoms with E-state index in [1.165, 1.54) is 0 Å². The topological polar surface area (TPSA) is 95.5 Å². The molecule has 0 saturated heterocycles. The van der Waals surface area contributed by atoms with Crippen LogP contribution in [-0.2, 0) is 15.6 Å². The molecule has 0 fully saturated rings. The summed E-state index contributed by atoms with van der Waals surface area (Å²) in [6.45, 7) is 5.42. The van der Waals surface area contributed by atoms with Gasteiger partial charge in [0.15, 0.2) is 0 Å². The number of hydrogen-bond acceptors (Lipinski definition) is 3. The monoisotopic (exact) mass is 264 g/mol. The highest BCUT2D eigenvalue weighted by atomic mass is 32.2. The second kappa shape index (κ2) is 7.26. The molecule has 0 bridgehead atoms. The summed E-state index contributed by atoms with van der Waals surface area (Å²) in [6.07, 6.45) is 1.55. The molecule has 0 heterocycles. The van der Waals surface area contributed by atoms with E-state index in [2.05, 4.69) is 10.6 Å². The van der Waals surface area contributed by atoms with Crippen LogP contribution in [0.2, 0.25) is 0 Å². The third-order valence-electron chi connectivity index (χ3n) is 2.34. The Morgan fingerprint density at radius 3 is 2.18 bits per heavy atom. The van der Waals surface area contributed by atoms with Crippen LogP contribution in [0.5, 0.6) is 0 Å². The standard InChI is InChI=1S/C10H20N2O4S/c1-6(2)8(9(13)14)12-10(15)11-5-7(3)17(4)16/h6-8H,5H2,1-4H3,(H,13,14)(H2,11,12,15)/t7?,8-,17?/m0/s1. The molecular formula is C10H20N2O4S. The number of urea groups is 1. The minimum absolute atomic E-state index is 0.164. The first-order valence-electron chi connectivity index (χ1n) is 5.35. The second-order valence-corrected chi connectivity index (χ2v) is 6.03. The Balaban J connectivity index is 4.16. The Labute approximate surface area is 104 Å². The van der Waals surface area contributed by atoms with Crippen molar-refractivity contribution in [3.05, 3.63) is 0 Å². The van der Waals surface area contributed by atoms with E-state index in [0.29, 0.717) is 0 Å². The Morgan fingerprint density at radius 1 is 1.29 bits per heavy atom. The number of amides is 2. The maximum atomic E-state index is 11.4. The molecule has 6 nitrogen and oxygen atoms in total. The molecular weight excluding hydrogens is 244 g/mol. The van der Waals surface area contributed by atoms with E-state index in [0.717, 1.165) is 0 Å². The van der Waals surface area contributed by atoms with Gasteiger partial charge in [0.05, 0.1) is 0 Å². The van der Waals surface area contributed by atoms with Crippen molar-refractivity contribution in [3.8, 4) is 0 Å². The predicted octanol–water partition coefficient (Wildman–Crippen LogP) is 0.162. The third kappa shape index (κ3) is 6.25. The molecule has 0 spiro atoms. The minimum Gasteiger partial charge on any atom is -0.480 e. The van der Waals surface area contributed by atoms with Crippen molar-refractivity contribution < 1.29 is 18.9 Å². The third-order valence-corrected chi connectivity index (χ3v) is 3.64. The largest absolute Gasteiger partial charge is 0.480 e. The highest BCUT2D eigenvalue weighted by Crippen LogP contribution is 2.01. The molecule has 0 saturated carbocycles. The minimum atomic E-state index is -1.07. The lowest BCUT2D eigenvalue weighted by atomic mass is 10.1. The van der Waals surface area contributed by atoms with Crippen LogP contribution in [0.15, 0.2) is 0 Å².